The van der Waals surface area contributed by atoms with Gasteiger partial charge in [0.2, 0.25) is 0 Å². The summed E-state index contributed by atoms with van der Waals surface area (Å²) < 4.78 is 0. The van der Waals surface area contributed by atoms with Crippen LogP contribution >= 0.6 is 0 Å². The molecule has 2 nitrogen and oxygen atoms in total. The molecule has 1 heterocycles. The molecule has 0 aliphatic carbocycles. The van der Waals surface area contributed by atoms with E-state index < -0.39 is 0 Å². The summed E-state index contributed by atoms with van der Waals surface area (Å²) in [6.45, 7) is 15.5. The zero-order valence-corrected chi connectivity index (χ0v) is 12.5. The van der Waals surface area contributed by atoms with Gasteiger partial charge in [-0.2, -0.15) is 0 Å². The summed E-state index contributed by atoms with van der Waals surface area (Å²) in [7, 11) is 0. The van der Waals surface area contributed by atoms with Crippen LogP contribution in [0.25, 0.3) is 0 Å². The maximum Gasteiger partial charge on any atom is 0.00695 e. The lowest BCUT2D eigenvalue weighted by molar-refractivity contribution is 0.139. The van der Waals surface area contributed by atoms with Gasteiger partial charge in [-0.25, -0.2) is 0 Å². The van der Waals surface area contributed by atoms with Gasteiger partial charge in [-0.1, -0.05) is 27.2 Å². The molecule has 1 N–H and O–H groups in total. The van der Waals surface area contributed by atoms with Crippen molar-refractivity contribution in [2.75, 3.05) is 19.6 Å². The number of nitrogens with one attached hydrogen (secondary N) is 1. The summed E-state index contributed by atoms with van der Waals surface area (Å²) in [6.07, 6.45) is 3.95. The highest BCUT2D eigenvalue weighted by Crippen LogP contribution is 2.17. The van der Waals surface area contributed by atoms with Gasteiger partial charge in [-0.15, -0.1) is 0 Å². The number of rotatable bonds is 4. The molecule has 102 valence electrons. The van der Waals surface area contributed by atoms with Gasteiger partial charge >= 0.3 is 0 Å². The molecule has 2 heteroatoms. The topological polar surface area (TPSA) is 15.3 Å². The Labute approximate surface area is 108 Å². The van der Waals surface area contributed by atoms with E-state index in [2.05, 4.69) is 44.8 Å². The molecule has 1 aliphatic rings. The molecular weight excluding hydrogens is 208 g/mol. The van der Waals surface area contributed by atoms with Crippen LogP contribution in [0.15, 0.2) is 0 Å². The summed E-state index contributed by atoms with van der Waals surface area (Å²) >= 11 is 0. The van der Waals surface area contributed by atoms with Crippen LogP contribution in [-0.2, 0) is 0 Å². The Balaban J connectivity index is 2.48. The molecule has 0 aromatic carbocycles. The van der Waals surface area contributed by atoms with Crippen molar-refractivity contribution in [1.29, 1.82) is 0 Å². The third kappa shape index (κ3) is 5.39. The van der Waals surface area contributed by atoms with Crippen LogP contribution < -0.4 is 5.32 Å². The molecule has 1 rings (SSSR count). The monoisotopic (exact) mass is 240 g/mol. The fourth-order valence-electron chi connectivity index (χ4n) is 2.72. The molecule has 1 saturated heterocycles. The average molecular weight is 240 g/mol. The Morgan fingerprint density at radius 2 is 2.00 bits per heavy atom. The second-order valence-electron chi connectivity index (χ2n) is 6.30. The van der Waals surface area contributed by atoms with Gasteiger partial charge < -0.3 is 10.2 Å². The van der Waals surface area contributed by atoms with Gasteiger partial charge in [0, 0.05) is 18.6 Å². The molecule has 0 aromatic heterocycles. The molecule has 0 bridgehead atoms. The van der Waals surface area contributed by atoms with E-state index in [1.807, 2.05) is 0 Å². The minimum atomic E-state index is 0.677. The normalized spacial score (nSPS) is 31.6. The first-order valence-electron chi connectivity index (χ1n) is 7.50. The van der Waals surface area contributed by atoms with Gasteiger partial charge in [0.15, 0.2) is 0 Å². The first-order valence-corrected chi connectivity index (χ1v) is 7.50. The molecule has 4 atom stereocenters. The van der Waals surface area contributed by atoms with Crippen molar-refractivity contribution in [1.82, 2.24) is 10.2 Å². The van der Waals surface area contributed by atoms with Gasteiger partial charge in [-0.05, 0) is 51.6 Å². The Bertz CT molecular complexity index is 205. The molecule has 4 unspecified atom stereocenters. The maximum absolute atomic E-state index is 3.62. The standard InChI is InChI=1S/C15H32N2/c1-6-12(2)9-15(5)17-8-7-14(4)16-10-13(3)11-17/h12-16H,6-11H2,1-5H3. The summed E-state index contributed by atoms with van der Waals surface area (Å²) in [6, 6.07) is 1.42. The average Bonchev–Trinajstić information content (AvgIpc) is 2.29. The molecule has 0 amide bonds. The first kappa shape index (κ1) is 15.0. The van der Waals surface area contributed by atoms with Gasteiger partial charge in [-0.3, -0.25) is 0 Å². The van der Waals surface area contributed by atoms with Gasteiger partial charge in [0.1, 0.15) is 0 Å². The molecule has 0 radical (unpaired) electrons. The number of hydrogen-bond acceptors (Lipinski definition) is 2. The quantitative estimate of drug-likeness (QED) is 0.812. The van der Waals surface area contributed by atoms with Crippen LogP contribution in [0.4, 0.5) is 0 Å². The zero-order valence-electron chi connectivity index (χ0n) is 12.5. The highest BCUT2D eigenvalue weighted by molar-refractivity contribution is 4.78. The van der Waals surface area contributed by atoms with E-state index in [0.717, 1.165) is 17.9 Å². The Morgan fingerprint density at radius 1 is 1.29 bits per heavy atom. The van der Waals surface area contributed by atoms with E-state index in [4.69, 9.17) is 0 Å². The smallest absolute Gasteiger partial charge is 0.00695 e. The van der Waals surface area contributed by atoms with Gasteiger partial charge in [0.05, 0.1) is 0 Å². The minimum Gasteiger partial charge on any atom is -0.314 e. The van der Waals surface area contributed by atoms with Crippen molar-refractivity contribution < 1.29 is 0 Å². The van der Waals surface area contributed by atoms with Crippen molar-refractivity contribution in [3.05, 3.63) is 0 Å². The Morgan fingerprint density at radius 3 is 2.65 bits per heavy atom. The third-order valence-corrected chi connectivity index (χ3v) is 4.27. The fourth-order valence-corrected chi connectivity index (χ4v) is 2.72. The SMILES string of the molecule is CCC(C)CC(C)N1CCC(C)NCC(C)C1. The predicted molar refractivity (Wildman–Crippen MR) is 76.4 cm³/mol. The van der Waals surface area contributed by atoms with Crippen molar-refractivity contribution in [3.8, 4) is 0 Å². The highest BCUT2D eigenvalue weighted by Gasteiger charge is 2.21. The summed E-state index contributed by atoms with van der Waals surface area (Å²) in [5.41, 5.74) is 0. The Hall–Kier alpha value is -0.0800. The summed E-state index contributed by atoms with van der Waals surface area (Å²) in [4.78, 5) is 2.72. The van der Waals surface area contributed by atoms with E-state index in [0.29, 0.717) is 6.04 Å². The van der Waals surface area contributed by atoms with Crippen molar-refractivity contribution >= 4 is 0 Å². The molecule has 17 heavy (non-hydrogen) atoms. The van der Waals surface area contributed by atoms with Crippen LogP contribution in [0.2, 0.25) is 0 Å². The van der Waals surface area contributed by atoms with Crippen LogP contribution in [0, 0.1) is 11.8 Å². The van der Waals surface area contributed by atoms with Crippen LogP contribution in [0.5, 0.6) is 0 Å². The third-order valence-electron chi connectivity index (χ3n) is 4.27. The predicted octanol–water partition coefficient (Wildman–Crippen LogP) is 3.13. The second kappa shape index (κ2) is 7.38. The zero-order chi connectivity index (χ0) is 12.8. The van der Waals surface area contributed by atoms with Crippen LogP contribution in [-0.4, -0.2) is 36.6 Å². The molecule has 0 saturated carbocycles. The summed E-state index contributed by atoms with van der Waals surface area (Å²) in [5, 5.41) is 3.62. The lowest BCUT2D eigenvalue weighted by Gasteiger charge is -2.36. The lowest BCUT2D eigenvalue weighted by Crippen LogP contribution is -2.46. The van der Waals surface area contributed by atoms with Crippen molar-refractivity contribution in [2.24, 2.45) is 11.8 Å². The minimum absolute atomic E-state index is 0.677. The first-order chi connectivity index (χ1) is 8.02. The van der Waals surface area contributed by atoms with Crippen LogP contribution in [0.1, 0.15) is 53.9 Å². The summed E-state index contributed by atoms with van der Waals surface area (Å²) in [5.74, 6) is 1.64. The number of nitrogens with zero attached hydrogens (tertiary/aromatic N) is 1. The maximum atomic E-state index is 3.62. The van der Waals surface area contributed by atoms with E-state index in [1.165, 1.54) is 38.9 Å². The molecule has 1 fully saturated rings. The van der Waals surface area contributed by atoms with E-state index in [1.54, 1.807) is 0 Å². The largest absolute Gasteiger partial charge is 0.314 e. The van der Waals surface area contributed by atoms with Gasteiger partial charge in [0.25, 0.3) is 0 Å². The van der Waals surface area contributed by atoms with E-state index in [-0.39, 0.29) is 0 Å². The van der Waals surface area contributed by atoms with E-state index >= 15 is 0 Å². The van der Waals surface area contributed by atoms with Crippen LogP contribution in [0.3, 0.4) is 0 Å². The molecule has 0 aromatic rings. The second-order valence-corrected chi connectivity index (χ2v) is 6.30. The fraction of sp³-hybridized carbons (Fsp3) is 1.00. The molecule has 0 spiro atoms. The Kier molecular flexibility index (Phi) is 6.50. The highest BCUT2D eigenvalue weighted by atomic mass is 15.2. The molecule has 1 aliphatic heterocycles. The van der Waals surface area contributed by atoms with Crippen molar-refractivity contribution in [3.63, 3.8) is 0 Å². The van der Waals surface area contributed by atoms with E-state index in [9.17, 15) is 0 Å². The lowest BCUT2D eigenvalue weighted by atomic mass is 9.97. The number of hydrogen-bond donors (Lipinski definition) is 1. The molecular formula is C15H32N2. The van der Waals surface area contributed by atoms with Crippen molar-refractivity contribution in [2.45, 2.75) is 66.0 Å².